The Morgan fingerprint density at radius 2 is 1.90 bits per heavy atom. The average Bonchev–Trinajstić information content (AvgIpc) is 3.15. The van der Waals surface area contributed by atoms with Gasteiger partial charge in [-0.15, -0.1) is 11.3 Å². The number of nitrogens with one attached hydrogen (secondary N) is 1. The van der Waals surface area contributed by atoms with E-state index < -0.39 is 0 Å². The number of ether oxygens (including phenoxy) is 1. The fraction of sp³-hybridized carbons (Fsp3) is 0.273. The van der Waals surface area contributed by atoms with Crippen LogP contribution in [0.4, 0.5) is 5.13 Å². The monoisotopic (exact) mass is 446 g/mol. The number of amides is 1. The summed E-state index contributed by atoms with van der Waals surface area (Å²) in [6, 6.07) is 11.7. The van der Waals surface area contributed by atoms with Crippen molar-refractivity contribution in [2.45, 2.75) is 32.1 Å². The molecule has 7 heteroatoms. The van der Waals surface area contributed by atoms with Crippen molar-refractivity contribution < 1.29 is 9.53 Å². The number of carbonyl (C=O) groups is 1. The first-order valence-corrected chi connectivity index (χ1v) is 11.1. The average molecular weight is 447 g/mol. The largest absolute Gasteiger partial charge is 0.484 e. The van der Waals surface area contributed by atoms with E-state index in [1.54, 1.807) is 12.3 Å². The Morgan fingerprint density at radius 3 is 2.72 bits per heavy atom. The van der Waals surface area contributed by atoms with Gasteiger partial charge in [-0.3, -0.25) is 10.1 Å². The fourth-order valence-corrected chi connectivity index (χ4v) is 4.59. The molecule has 4 rings (SSSR count). The highest BCUT2D eigenvalue weighted by Gasteiger charge is 2.12. The van der Waals surface area contributed by atoms with Crippen LogP contribution in [0.15, 0.2) is 42.6 Å². The second-order valence-electron chi connectivity index (χ2n) is 7.03. The molecule has 1 N–H and O–H groups in total. The summed E-state index contributed by atoms with van der Waals surface area (Å²) in [5, 5.41) is 4.42. The third-order valence-electron chi connectivity index (χ3n) is 4.85. The van der Waals surface area contributed by atoms with Crippen LogP contribution in [0.3, 0.4) is 0 Å². The molecule has 0 spiro atoms. The van der Waals surface area contributed by atoms with Crippen molar-refractivity contribution in [2.24, 2.45) is 0 Å². The maximum atomic E-state index is 12.2. The Morgan fingerprint density at radius 1 is 1.07 bits per heavy atom. The molecule has 2 aromatic carbocycles. The minimum absolute atomic E-state index is 0.0412. The zero-order valence-corrected chi connectivity index (χ0v) is 18.0. The molecular weight excluding hydrogens is 427 g/mol. The highest BCUT2D eigenvalue weighted by atomic mass is 35.5. The Bertz CT molecular complexity index is 1040. The van der Waals surface area contributed by atoms with Gasteiger partial charge in [-0.1, -0.05) is 35.3 Å². The van der Waals surface area contributed by atoms with Gasteiger partial charge in [-0.05, 0) is 66.6 Å². The predicted octanol–water partition coefficient (Wildman–Crippen LogP) is 5.94. The lowest BCUT2D eigenvalue weighted by atomic mass is 9.92. The lowest BCUT2D eigenvalue weighted by molar-refractivity contribution is -0.118. The van der Waals surface area contributed by atoms with Crippen LogP contribution in [0.2, 0.25) is 10.0 Å². The van der Waals surface area contributed by atoms with Crippen molar-refractivity contribution in [2.75, 3.05) is 11.9 Å². The van der Waals surface area contributed by atoms with Crippen molar-refractivity contribution >= 4 is 45.6 Å². The van der Waals surface area contributed by atoms with Gasteiger partial charge in [0.25, 0.3) is 5.91 Å². The molecule has 1 amide bonds. The Hall–Kier alpha value is -2.08. The van der Waals surface area contributed by atoms with Crippen molar-refractivity contribution in [1.82, 2.24) is 4.98 Å². The molecule has 0 saturated heterocycles. The van der Waals surface area contributed by atoms with Gasteiger partial charge in [0.1, 0.15) is 5.75 Å². The number of hydrogen-bond donors (Lipinski definition) is 1. The van der Waals surface area contributed by atoms with Crippen LogP contribution in [0.1, 0.15) is 34.4 Å². The summed E-state index contributed by atoms with van der Waals surface area (Å²) in [5.74, 6) is 0.512. The van der Waals surface area contributed by atoms with E-state index in [1.807, 2.05) is 18.2 Å². The van der Waals surface area contributed by atoms with Crippen LogP contribution in [0, 0.1) is 0 Å². The van der Waals surface area contributed by atoms with E-state index >= 15 is 0 Å². The number of carbonyl (C=O) groups excluding carboxylic acids is 1. The molecule has 0 radical (unpaired) electrons. The van der Waals surface area contributed by atoms with Gasteiger partial charge in [-0.2, -0.15) is 0 Å². The molecular formula is C22H20Cl2N2O2S. The lowest BCUT2D eigenvalue weighted by Gasteiger charge is -2.16. The molecule has 150 valence electrons. The molecule has 3 aromatic rings. The third kappa shape index (κ3) is 5.30. The van der Waals surface area contributed by atoms with E-state index in [0.29, 0.717) is 21.6 Å². The van der Waals surface area contributed by atoms with Crippen molar-refractivity contribution in [1.29, 1.82) is 0 Å². The summed E-state index contributed by atoms with van der Waals surface area (Å²) in [4.78, 5) is 17.5. The zero-order valence-electron chi connectivity index (χ0n) is 15.7. The number of halogens is 2. The van der Waals surface area contributed by atoms with Crippen molar-refractivity contribution in [3.05, 3.63) is 74.2 Å². The number of thiazole rings is 1. The normalized spacial score (nSPS) is 13.0. The number of hydrogen-bond acceptors (Lipinski definition) is 4. The minimum Gasteiger partial charge on any atom is -0.484 e. The quantitative estimate of drug-likeness (QED) is 0.509. The predicted molar refractivity (Wildman–Crippen MR) is 119 cm³/mol. The van der Waals surface area contributed by atoms with E-state index in [9.17, 15) is 4.79 Å². The first-order chi connectivity index (χ1) is 14.1. The van der Waals surface area contributed by atoms with Gasteiger partial charge >= 0.3 is 0 Å². The summed E-state index contributed by atoms with van der Waals surface area (Å²) in [6.07, 6.45) is 7.11. The molecule has 0 unspecified atom stereocenters. The number of aromatic nitrogens is 1. The van der Waals surface area contributed by atoms with Crippen molar-refractivity contribution in [3.63, 3.8) is 0 Å². The molecule has 0 aliphatic heterocycles. The van der Waals surface area contributed by atoms with Gasteiger partial charge in [0, 0.05) is 17.5 Å². The number of fused-ring (bicyclic) bond motifs is 1. The minimum atomic E-state index is -0.224. The van der Waals surface area contributed by atoms with Crippen LogP contribution in [-0.4, -0.2) is 17.5 Å². The molecule has 0 saturated carbocycles. The molecule has 1 heterocycles. The van der Waals surface area contributed by atoms with Crippen molar-refractivity contribution in [3.8, 4) is 5.75 Å². The maximum absolute atomic E-state index is 12.2. The molecule has 4 nitrogen and oxygen atoms in total. The number of benzene rings is 2. The van der Waals surface area contributed by atoms with E-state index in [1.165, 1.54) is 35.3 Å². The van der Waals surface area contributed by atoms with Gasteiger partial charge in [0.15, 0.2) is 11.7 Å². The van der Waals surface area contributed by atoms with Crippen LogP contribution in [-0.2, 0) is 24.1 Å². The third-order valence-corrected chi connectivity index (χ3v) is 6.50. The smallest absolute Gasteiger partial charge is 0.264 e. The van der Waals surface area contributed by atoms with E-state index in [4.69, 9.17) is 27.9 Å². The number of rotatable bonds is 6. The molecule has 0 atom stereocenters. The van der Waals surface area contributed by atoms with Gasteiger partial charge in [-0.25, -0.2) is 4.98 Å². The number of aryl methyl sites for hydroxylation is 2. The van der Waals surface area contributed by atoms with E-state index in [2.05, 4.69) is 22.4 Å². The summed E-state index contributed by atoms with van der Waals surface area (Å²) in [6.45, 7) is -0.0412. The fourth-order valence-electron chi connectivity index (χ4n) is 3.40. The van der Waals surface area contributed by atoms with Gasteiger partial charge in [0.05, 0.1) is 10.0 Å². The highest BCUT2D eigenvalue weighted by molar-refractivity contribution is 7.15. The topological polar surface area (TPSA) is 51.2 Å². The molecule has 0 fully saturated rings. The van der Waals surface area contributed by atoms with E-state index in [-0.39, 0.29) is 12.5 Å². The summed E-state index contributed by atoms with van der Waals surface area (Å²) < 4.78 is 5.67. The second kappa shape index (κ2) is 9.16. The molecule has 29 heavy (non-hydrogen) atoms. The van der Waals surface area contributed by atoms with Crippen LogP contribution in [0.25, 0.3) is 0 Å². The van der Waals surface area contributed by atoms with E-state index in [0.717, 1.165) is 29.0 Å². The zero-order chi connectivity index (χ0) is 20.2. The standard InChI is InChI=1S/C22H20Cl2N2O2S/c23-19-8-5-14(10-20(19)24)9-18-12-25-22(29-18)26-21(27)13-28-17-7-6-15-3-1-2-4-16(15)11-17/h5-8,10-12H,1-4,9,13H2,(H,25,26,27). The highest BCUT2D eigenvalue weighted by Crippen LogP contribution is 2.27. The summed E-state index contributed by atoms with van der Waals surface area (Å²) in [7, 11) is 0. The Kier molecular flexibility index (Phi) is 6.38. The Balaban J connectivity index is 1.30. The molecule has 1 aromatic heterocycles. The first-order valence-electron chi connectivity index (χ1n) is 9.50. The first kappa shape index (κ1) is 20.2. The Labute approximate surface area is 183 Å². The molecule has 0 bridgehead atoms. The number of nitrogens with zero attached hydrogens (tertiary/aromatic N) is 1. The molecule has 1 aliphatic carbocycles. The van der Waals surface area contributed by atoms with Crippen LogP contribution in [0.5, 0.6) is 5.75 Å². The summed E-state index contributed by atoms with van der Waals surface area (Å²) >= 11 is 13.4. The lowest BCUT2D eigenvalue weighted by Crippen LogP contribution is -2.20. The number of anilines is 1. The van der Waals surface area contributed by atoms with Gasteiger partial charge in [0.2, 0.25) is 0 Å². The second-order valence-corrected chi connectivity index (χ2v) is 8.96. The maximum Gasteiger partial charge on any atom is 0.264 e. The molecule has 1 aliphatic rings. The van der Waals surface area contributed by atoms with Crippen LogP contribution >= 0.6 is 34.5 Å². The SMILES string of the molecule is O=C(COc1ccc2c(c1)CCCC2)Nc1ncc(Cc2ccc(Cl)c(Cl)c2)s1. The summed E-state index contributed by atoms with van der Waals surface area (Å²) in [5.41, 5.74) is 3.77. The van der Waals surface area contributed by atoms with Crippen LogP contribution < -0.4 is 10.1 Å². The van der Waals surface area contributed by atoms with Gasteiger partial charge < -0.3 is 4.74 Å².